The molecule has 4 aromatic rings. The lowest BCUT2D eigenvalue weighted by molar-refractivity contribution is -0.140. The molecule has 0 bridgehead atoms. The summed E-state index contributed by atoms with van der Waals surface area (Å²) in [6, 6.07) is 16.6. The first-order valence-electron chi connectivity index (χ1n) is 9.68. The van der Waals surface area contributed by atoms with Gasteiger partial charge in [0.15, 0.2) is 5.16 Å². The first-order chi connectivity index (χ1) is 15.1. The lowest BCUT2D eigenvalue weighted by Gasteiger charge is -2.14. The number of methoxy groups -OCH3 is 1. The molecular weight excluding hydrogens is 416 g/mol. The largest absolute Gasteiger partial charge is 0.469 e. The number of carbonyl (C=O) groups is 1. The second-order valence-corrected chi connectivity index (χ2v) is 8.07. The molecule has 0 N–H and O–H groups in total. The van der Waals surface area contributed by atoms with Gasteiger partial charge in [-0.05, 0) is 31.2 Å². The number of rotatable bonds is 7. The van der Waals surface area contributed by atoms with Crippen LogP contribution in [0.5, 0.6) is 0 Å². The summed E-state index contributed by atoms with van der Waals surface area (Å²) in [4.78, 5) is 29.4. The number of hydrogen-bond donors (Lipinski definition) is 0. The van der Waals surface area contributed by atoms with Gasteiger partial charge in [-0.25, -0.2) is 4.98 Å². The summed E-state index contributed by atoms with van der Waals surface area (Å²) >= 11 is 1.32. The number of aromatic nitrogens is 4. The normalized spacial score (nSPS) is 12.1. The number of benzene rings is 2. The van der Waals surface area contributed by atoms with Crippen LogP contribution in [0, 0.1) is 0 Å². The minimum absolute atomic E-state index is 0.0665. The predicted molar refractivity (Wildman–Crippen MR) is 117 cm³/mol. The molecule has 158 valence electrons. The number of para-hydroxylation sites is 1. The summed E-state index contributed by atoms with van der Waals surface area (Å²) in [6.45, 7) is 2.07. The van der Waals surface area contributed by atoms with Crippen molar-refractivity contribution in [2.75, 3.05) is 7.11 Å². The molecule has 2 heterocycles. The van der Waals surface area contributed by atoms with Gasteiger partial charge in [0.05, 0.1) is 29.7 Å². The lowest BCUT2D eigenvalue weighted by Crippen LogP contribution is -2.25. The van der Waals surface area contributed by atoms with E-state index in [-0.39, 0.29) is 23.8 Å². The van der Waals surface area contributed by atoms with E-state index in [0.29, 0.717) is 27.8 Å². The minimum atomic E-state index is -0.395. The molecule has 4 rings (SSSR count). The van der Waals surface area contributed by atoms with E-state index in [4.69, 9.17) is 9.15 Å². The Morgan fingerprint density at radius 3 is 2.65 bits per heavy atom. The SMILES string of the molecule is COC(=O)CCn1c(SC(C)c2nnc(-c3ccccc3)o2)nc2ccccc2c1=O. The first-order valence-corrected chi connectivity index (χ1v) is 10.6. The Morgan fingerprint density at radius 2 is 1.87 bits per heavy atom. The summed E-state index contributed by atoms with van der Waals surface area (Å²) in [5.41, 5.74) is 1.21. The number of ether oxygens (including phenoxy) is 1. The van der Waals surface area contributed by atoms with Gasteiger partial charge in [0.1, 0.15) is 0 Å². The van der Waals surface area contributed by atoms with Gasteiger partial charge in [0.2, 0.25) is 11.8 Å². The Balaban J connectivity index is 1.66. The molecule has 9 heteroatoms. The molecular formula is C22H20N4O4S. The zero-order chi connectivity index (χ0) is 21.8. The molecule has 0 saturated carbocycles. The zero-order valence-corrected chi connectivity index (χ0v) is 17.8. The molecule has 0 saturated heterocycles. The van der Waals surface area contributed by atoms with Crippen LogP contribution >= 0.6 is 11.8 Å². The van der Waals surface area contributed by atoms with E-state index in [9.17, 15) is 9.59 Å². The van der Waals surface area contributed by atoms with Crippen LogP contribution in [-0.2, 0) is 16.1 Å². The quantitative estimate of drug-likeness (QED) is 0.245. The number of hydrogen-bond acceptors (Lipinski definition) is 8. The van der Waals surface area contributed by atoms with E-state index < -0.39 is 5.97 Å². The van der Waals surface area contributed by atoms with Crippen LogP contribution in [-0.4, -0.2) is 32.8 Å². The maximum atomic E-state index is 13.1. The molecule has 0 fully saturated rings. The first kappa shape index (κ1) is 20.8. The van der Waals surface area contributed by atoms with E-state index in [0.717, 1.165) is 5.56 Å². The van der Waals surface area contributed by atoms with Crippen molar-refractivity contribution in [1.82, 2.24) is 19.7 Å². The van der Waals surface area contributed by atoms with Crippen molar-refractivity contribution in [2.45, 2.75) is 30.3 Å². The minimum Gasteiger partial charge on any atom is -0.469 e. The monoisotopic (exact) mass is 436 g/mol. The van der Waals surface area contributed by atoms with Gasteiger partial charge < -0.3 is 9.15 Å². The summed E-state index contributed by atoms with van der Waals surface area (Å²) in [5.74, 6) is 0.455. The Bertz CT molecular complexity index is 1270. The smallest absolute Gasteiger partial charge is 0.307 e. The molecule has 2 aromatic carbocycles. The maximum absolute atomic E-state index is 13.1. The van der Waals surface area contributed by atoms with Gasteiger partial charge in [-0.3, -0.25) is 14.2 Å². The van der Waals surface area contributed by atoms with Crippen molar-refractivity contribution in [2.24, 2.45) is 0 Å². The van der Waals surface area contributed by atoms with Crippen LogP contribution in [0.15, 0.2) is 69.0 Å². The highest BCUT2D eigenvalue weighted by Crippen LogP contribution is 2.34. The topological polar surface area (TPSA) is 100 Å². The molecule has 0 aliphatic rings. The number of thioether (sulfide) groups is 1. The fourth-order valence-electron chi connectivity index (χ4n) is 3.04. The Kier molecular flexibility index (Phi) is 6.13. The van der Waals surface area contributed by atoms with E-state index in [2.05, 4.69) is 15.2 Å². The van der Waals surface area contributed by atoms with Gasteiger partial charge >= 0.3 is 5.97 Å². The third-order valence-corrected chi connectivity index (χ3v) is 5.76. The van der Waals surface area contributed by atoms with Gasteiger partial charge in [-0.1, -0.05) is 42.1 Å². The number of nitrogens with zero attached hydrogens (tertiary/aromatic N) is 4. The van der Waals surface area contributed by atoms with Crippen LogP contribution in [0.4, 0.5) is 0 Å². The fraction of sp³-hybridized carbons (Fsp3) is 0.227. The zero-order valence-electron chi connectivity index (χ0n) is 17.0. The van der Waals surface area contributed by atoms with E-state index in [1.807, 2.05) is 43.3 Å². The second kappa shape index (κ2) is 9.13. The van der Waals surface area contributed by atoms with Crippen molar-refractivity contribution in [3.8, 4) is 11.5 Å². The molecule has 0 amide bonds. The van der Waals surface area contributed by atoms with Crippen molar-refractivity contribution < 1.29 is 13.9 Å². The van der Waals surface area contributed by atoms with E-state index in [1.165, 1.54) is 23.4 Å². The van der Waals surface area contributed by atoms with Crippen molar-refractivity contribution in [3.05, 3.63) is 70.8 Å². The third kappa shape index (κ3) is 4.51. The molecule has 31 heavy (non-hydrogen) atoms. The van der Waals surface area contributed by atoms with Gasteiger partial charge in [-0.2, -0.15) is 0 Å². The summed E-state index contributed by atoms with van der Waals surface area (Å²) < 4.78 is 12.1. The highest BCUT2D eigenvalue weighted by atomic mass is 32.2. The lowest BCUT2D eigenvalue weighted by atomic mass is 10.2. The maximum Gasteiger partial charge on any atom is 0.307 e. The highest BCUT2D eigenvalue weighted by Gasteiger charge is 2.21. The molecule has 1 unspecified atom stereocenters. The summed E-state index contributed by atoms with van der Waals surface area (Å²) in [7, 11) is 1.32. The second-order valence-electron chi connectivity index (χ2n) is 6.77. The highest BCUT2D eigenvalue weighted by molar-refractivity contribution is 7.99. The standard InChI is InChI=1S/C22H20N4O4S/c1-14(19-24-25-20(30-19)15-8-4-3-5-9-15)31-22-23-17-11-7-6-10-16(17)21(28)26(22)13-12-18(27)29-2/h3-11,14H,12-13H2,1-2H3. The average molecular weight is 436 g/mol. The molecule has 1 atom stereocenters. The third-order valence-electron chi connectivity index (χ3n) is 4.69. The fourth-order valence-corrected chi connectivity index (χ4v) is 4.01. The number of fused-ring (bicyclic) bond motifs is 1. The van der Waals surface area contributed by atoms with Gasteiger partial charge in [0, 0.05) is 12.1 Å². The van der Waals surface area contributed by atoms with Crippen LogP contribution < -0.4 is 5.56 Å². The van der Waals surface area contributed by atoms with Crippen LogP contribution in [0.25, 0.3) is 22.4 Å². The van der Waals surface area contributed by atoms with Crippen molar-refractivity contribution >= 4 is 28.6 Å². The molecule has 0 spiro atoms. The molecule has 8 nitrogen and oxygen atoms in total. The Morgan fingerprint density at radius 1 is 1.13 bits per heavy atom. The van der Waals surface area contributed by atoms with Crippen molar-refractivity contribution in [3.63, 3.8) is 0 Å². The number of esters is 1. The molecule has 0 aliphatic carbocycles. The molecule has 2 aromatic heterocycles. The van der Waals surface area contributed by atoms with Crippen molar-refractivity contribution in [1.29, 1.82) is 0 Å². The Labute approximate surface area is 182 Å². The van der Waals surface area contributed by atoms with Crippen LogP contribution in [0.2, 0.25) is 0 Å². The Hall–Kier alpha value is -3.46. The van der Waals surface area contributed by atoms with Gasteiger partial charge in [0.25, 0.3) is 5.56 Å². The van der Waals surface area contributed by atoms with E-state index >= 15 is 0 Å². The van der Waals surface area contributed by atoms with Crippen LogP contribution in [0.1, 0.15) is 24.5 Å². The van der Waals surface area contributed by atoms with E-state index in [1.54, 1.807) is 18.2 Å². The average Bonchev–Trinajstić information content (AvgIpc) is 3.30. The molecule has 0 aliphatic heterocycles. The molecule has 0 radical (unpaired) electrons. The van der Waals surface area contributed by atoms with Crippen LogP contribution in [0.3, 0.4) is 0 Å². The number of carbonyl (C=O) groups excluding carboxylic acids is 1. The summed E-state index contributed by atoms with van der Waals surface area (Å²) in [6.07, 6.45) is 0.0665. The van der Waals surface area contributed by atoms with Gasteiger partial charge in [-0.15, -0.1) is 10.2 Å². The predicted octanol–water partition coefficient (Wildman–Crippen LogP) is 3.86. The summed E-state index contributed by atoms with van der Waals surface area (Å²) in [5, 5.41) is 9.00.